The summed E-state index contributed by atoms with van der Waals surface area (Å²) >= 11 is 0. The summed E-state index contributed by atoms with van der Waals surface area (Å²) in [5, 5.41) is 21.6. The molecule has 0 bridgehead atoms. The van der Waals surface area contributed by atoms with Gasteiger partial charge in [-0.05, 0) is 128 Å². The molecule has 4 saturated carbocycles. The predicted octanol–water partition coefficient (Wildman–Crippen LogP) is 7.53. The second-order valence-electron chi connectivity index (χ2n) is 14.6. The molecule has 0 aliphatic heterocycles. The molecule has 0 aromatic carbocycles. The van der Waals surface area contributed by atoms with Crippen molar-refractivity contribution in [1.82, 2.24) is 0 Å². The van der Waals surface area contributed by atoms with Crippen LogP contribution >= 0.6 is 0 Å². The van der Waals surface area contributed by atoms with Crippen molar-refractivity contribution in [2.75, 3.05) is 6.61 Å². The number of hydrogen-bond donors (Lipinski definition) is 2. The Morgan fingerprint density at radius 2 is 1.44 bits per heavy atom. The quantitative estimate of drug-likeness (QED) is 0.440. The van der Waals surface area contributed by atoms with Crippen LogP contribution in [0.25, 0.3) is 0 Å². The fraction of sp³-hybridized carbons (Fsp3) is 0.933. The summed E-state index contributed by atoms with van der Waals surface area (Å²) in [6.45, 7) is 22.0. The number of rotatable bonds is 4. The molecular weight excluding hydrogens is 392 g/mol. The first-order valence-corrected chi connectivity index (χ1v) is 13.7. The molecule has 0 radical (unpaired) electrons. The number of fused-ring (bicyclic) bond motifs is 5. The summed E-state index contributed by atoms with van der Waals surface area (Å²) in [5.41, 5.74) is 1.94. The summed E-state index contributed by atoms with van der Waals surface area (Å²) in [5.74, 6) is 1.66. The maximum absolute atomic E-state index is 11.9. The van der Waals surface area contributed by atoms with Crippen LogP contribution in [0, 0.1) is 44.8 Å². The van der Waals surface area contributed by atoms with Crippen molar-refractivity contribution >= 4 is 0 Å². The third kappa shape index (κ3) is 3.24. The first-order chi connectivity index (χ1) is 14.7. The van der Waals surface area contributed by atoms with Gasteiger partial charge >= 0.3 is 0 Å². The van der Waals surface area contributed by atoms with Crippen molar-refractivity contribution in [3.8, 4) is 0 Å². The molecule has 8 unspecified atom stereocenters. The van der Waals surface area contributed by atoms with Crippen LogP contribution in [-0.2, 0) is 0 Å². The van der Waals surface area contributed by atoms with Crippen molar-refractivity contribution in [3.05, 3.63) is 12.2 Å². The molecule has 8 atom stereocenters. The van der Waals surface area contributed by atoms with Crippen molar-refractivity contribution in [2.24, 2.45) is 44.8 Å². The van der Waals surface area contributed by atoms with Gasteiger partial charge in [-0.1, -0.05) is 48.1 Å². The molecule has 0 heterocycles. The summed E-state index contributed by atoms with van der Waals surface area (Å²) in [6, 6.07) is 0. The van der Waals surface area contributed by atoms with Crippen LogP contribution in [-0.4, -0.2) is 22.4 Å². The minimum atomic E-state index is -0.777. The molecule has 4 rings (SSSR count). The second-order valence-corrected chi connectivity index (χ2v) is 14.6. The van der Waals surface area contributed by atoms with Gasteiger partial charge in [0.05, 0.1) is 5.60 Å². The summed E-state index contributed by atoms with van der Waals surface area (Å²) < 4.78 is 0. The van der Waals surface area contributed by atoms with E-state index in [2.05, 4.69) is 48.1 Å². The highest BCUT2D eigenvalue weighted by molar-refractivity contribution is 5.24. The summed E-state index contributed by atoms with van der Waals surface area (Å²) in [6.07, 6.45) is 13.0. The van der Waals surface area contributed by atoms with E-state index in [1.165, 1.54) is 44.9 Å². The maximum Gasteiger partial charge on any atom is 0.0884 e. The van der Waals surface area contributed by atoms with Gasteiger partial charge in [-0.15, -0.1) is 0 Å². The van der Waals surface area contributed by atoms with E-state index < -0.39 is 5.60 Å². The zero-order valence-corrected chi connectivity index (χ0v) is 22.3. The van der Waals surface area contributed by atoms with Gasteiger partial charge in [0.25, 0.3) is 0 Å². The standard InChI is InChI=1S/C30H52O2/c1-21(2)30(32)12-11-22-27(6,23(30)10-9-19-31)16-18-29(8)24-20-25(3,4)13-14-26(24,5)15-17-28(22,29)7/h22-24,31-32H,1,9-20H2,2-8H3. The third-order valence-corrected chi connectivity index (χ3v) is 12.6. The fourth-order valence-corrected chi connectivity index (χ4v) is 10.2. The average Bonchev–Trinajstić information content (AvgIpc) is 2.71. The smallest absolute Gasteiger partial charge is 0.0884 e. The van der Waals surface area contributed by atoms with Crippen molar-refractivity contribution in [1.29, 1.82) is 0 Å². The van der Waals surface area contributed by atoms with E-state index in [1.807, 2.05) is 6.92 Å². The van der Waals surface area contributed by atoms with E-state index >= 15 is 0 Å². The molecule has 2 nitrogen and oxygen atoms in total. The van der Waals surface area contributed by atoms with Crippen molar-refractivity contribution in [3.63, 3.8) is 0 Å². The highest BCUT2D eigenvalue weighted by Crippen LogP contribution is 2.77. The van der Waals surface area contributed by atoms with Gasteiger partial charge in [0.15, 0.2) is 0 Å². The lowest BCUT2D eigenvalue weighted by molar-refractivity contribution is -0.257. The van der Waals surface area contributed by atoms with Gasteiger partial charge in [-0.25, -0.2) is 0 Å². The van der Waals surface area contributed by atoms with Crippen LogP contribution in [0.2, 0.25) is 0 Å². The van der Waals surface area contributed by atoms with Gasteiger partial charge in [0.2, 0.25) is 0 Å². The number of aliphatic hydroxyl groups excluding tert-OH is 1. The molecule has 32 heavy (non-hydrogen) atoms. The predicted molar refractivity (Wildman–Crippen MR) is 134 cm³/mol. The molecule has 0 saturated heterocycles. The van der Waals surface area contributed by atoms with E-state index in [0.29, 0.717) is 27.6 Å². The highest BCUT2D eigenvalue weighted by Gasteiger charge is 2.70. The normalized spacial score (nSPS) is 52.5. The van der Waals surface area contributed by atoms with Crippen LogP contribution in [0.4, 0.5) is 0 Å². The summed E-state index contributed by atoms with van der Waals surface area (Å²) in [4.78, 5) is 0. The lowest BCUT2D eigenvalue weighted by Crippen LogP contribution is -2.68. The Morgan fingerprint density at radius 1 is 0.844 bits per heavy atom. The Balaban J connectivity index is 1.76. The van der Waals surface area contributed by atoms with Crippen LogP contribution in [0.1, 0.15) is 119 Å². The van der Waals surface area contributed by atoms with Gasteiger partial charge < -0.3 is 10.2 Å². The largest absolute Gasteiger partial charge is 0.396 e. The highest BCUT2D eigenvalue weighted by atomic mass is 16.3. The minimum absolute atomic E-state index is 0.118. The Kier molecular flexibility index (Phi) is 5.87. The average molecular weight is 445 g/mol. The second kappa shape index (κ2) is 7.58. The van der Waals surface area contributed by atoms with E-state index in [1.54, 1.807) is 0 Å². The molecule has 0 amide bonds. The molecular formula is C30H52O2. The van der Waals surface area contributed by atoms with Crippen LogP contribution in [0.5, 0.6) is 0 Å². The van der Waals surface area contributed by atoms with Gasteiger partial charge in [-0.3, -0.25) is 0 Å². The molecule has 4 aliphatic carbocycles. The molecule has 2 N–H and O–H groups in total. The molecule has 4 fully saturated rings. The van der Waals surface area contributed by atoms with E-state index in [0.717, 1.165) is 37.2 Å². The molecule has 0 aromatic rings. The lowest BCUT2D eigenvalue weighted by atomic mass is 9.31. The van der Waals surface area contributed by atoms with E-state index in [4.69, 9.17) is 0 Å². The molecule has 2 heteroatoms. The van der Waals surface area contributed by atoms with Crippen molar-refractivity contribution in [2.45, 2.75) is 125 Å². The monoisotopic (exact) mass is 444 g/mol. The Hall–Kier alpha value is -0.340. The first kappa shape index (κ1) is 24.8. The molecule has 4 aliphatic rings. The molecule has 184 valence electrons. The maximum atomic E-state index is 11.9. The number of hydrogen-bond acceptors (Lipinski definition) is 2. The topological polar surface area (TPSA) is 40.5 Å². The molecule has 0 aromatic heterocycles. The SMILES string of the molecule is C=C(C)C1(O)CCC2C(C)(CCC3(C)C4CC(C)(C)CCC4(C)CCC23C)C1CCCO. The zero-order valence-electron chi connectivity index (χ0n) is 22.3. The van der Waals surface area contributed by atoms with Gasteiger partial charge in [-0.2, -0.15) is 0 Å². The van der Waals surface area contributed by atoms with Crippen LogP contribution < -0.4 is 0 Å². The van der Waals surface area contributed by atoms with Crippen LogP contribution in [0.15, 0.2) is 12.2 Å². The van der Waals surface area contributed by atoms with Gasteiger partial charge in [0.1, 0.15) is 0 Å². The molecule has 0 spiro atoms. The van der Waals surface area contributed by atoms with Crippen LogP contribution in [0.3, 0.4) is 0 Å². The Bertz CT molecular complexity index is 756. The van der Waals surface area contributed by atoms with Crippen molar-refractivity contribution < 1.29 is 10.2 Å². The number of aliphatic hydroxyl groups is 2. The summed E-state index contributed by atoms with van der Waals surface area (Å²) in [7, 11) is 0. The lowest BCUT2D eigenvalue weighted by Gasteiger charge is -2.74. The minimum Gasteiger partial charge on any atom is -0.396 e. The first-order valence-electron chi connectivity index (χ1n) is 13.7. The third-order valence-electron chi connectivity index (χ3n) is 12.6. The Labute approximate surface area is 198 Å². The fourth-order valence-electron chi connectivity index (χ4n) is 10.2. The van der Waals surface area contributed by atoms with Gasteiger partial charge in [0, 0.05) is 6.61 Å². The van der Waals surface area contributed by atoms with E-state index in [-0.39, 0.29) is 17.9 Å². The van der Waals surface area contributed by atoms with E-state index in [9.17, 15) is 10.2 Å². The zero-order chi connectivity index (χ0) is 23.8. The Morgan fingerprint density at radius 3 is 2.06 bits per heavy atom.